The van der Waals surface area contributed by atoms with Crippen LogP contribution in [0.2, 0.25) is 0 Å². The molecule has 0 bridgehead atoms. The molecule has 0 aliphatic heterocycles. The summed E-state index contributed by atoms with van der Waals surface area (Å²) in [6.45, 7) is 2.73. The number of unbranched alkanes of at least 4 members (excludes halogenated alkanes) is 9. The number of carbonyl (C=O) groups excluding carboxylic acids is 2. The van der Waals surface area contributed by atoms with E-state index in [2.05, 4.69) is 11.9 Å². The van der Waals surface area contributed by atoms with Gasteiger partial charge in [-0.2, -0.15) is 0 Å². The average Bonchev–Trinajstić information content (AvgIpc) is 2.86. The molecule has 2 rings (SSSR count). The third kappa shape index (κ3) is 11.2. The quantitative estimate of drug-likeness (QED) is 0.220. The smallest absolute Gasteiger partial charge is 0.144 e. The maximum Gasteiger partial charge on any atom is 0.144 e. The van der Waals surface area contributed by atoms with E-state index in [1.807, 2.05) is 0 Å². The van der Waals surface area contributed by atoms with Crippen molar-refractivity contribution in [3.8, 4) is 5.75 Å². The van der Waals surface area contributed by atoms with Crippen molar-refractivity contribution in [2.75, 3.05) is 6.61 Å². The lowest BCUT2D eigenvalue weighted by atomic mass is 10.1. The second-order valence-electron chi connectivity index (χ2n) is 8.67. The fourth-order valence-electron chi connectivity index (χ4n) is 3.71. The molecule has 0 amide bonds. The second-order valence-corrected chi connectivity index (χ2v) is 10.1. The van der Waals surface area contributed by atoms with Gasteiger partial charge >= 0.3 is 0 Å². The Balaban J connectivity index is 1.87. The van der Waals surface area contributed by atoms with Gasteiger partial charge in [-0.05, 0) is 48.4 Å². The van der Waals surface area contributed by atoms with E-state index in [0.717, 1.165) is 18.9 Å². The zero-order chi connectivity index (χ0) is 26.2. The van der Waals surface area contributed by atoms with Crippen molar-refractivity contribution in [1.29, 1.82) is 0 Å². The highest BCUT2D eigenvalue weighted by Gasteiger charge is 2.10. The summed E-state index contributed by atoms with van der Waals surface area (Å²) in [7, 11) is -1.47. The van der Waals surface area contributed by atoms with E-state index in [9.17, 15) is 24.0 Å². The molecule has 0 fully saturated rings. The summed E-state index contributed by atoms with van der Waals surface area (Å²) in [6, 6.07) is 9.02. The Hall–Kier alpha value is -3.00. The van der Waals surface area contributed by atoms with Gasteiger partial charge in [0.1, 0.15) is 11.4 Å². The van der Waals surface area contributed by atoms with Gasteiger partial charge in [-0.25, -0.2) is 4.98 Å². The molecule has 0 aliphatic carbocycles. The maximum absolute atomic E-state index is 12.7. The number of aliphatic carboxylic acids is 1. The van der Waals surface area contributed by atoms with Crippen LogP contribution in [0.5, 0.6) is 5.75 Å². The van der Waals surface area contributed by atoms with E-state index < -0.39 is 22.7 Å². The number of aromatic carboxylic acids is 1. The highest BCUT2D eigenvalue weighted by Crippen LogP contribution is 2.21. The Labute approximate surface area is 216 Å². The summed E-state index contributed by atoms with van der Waals surface area (Å²) in [5, 5.41) is 21.8. The molecular formula is C28H35NO6S-2. The predicted octanol–water partition coefficient (Wildman–Crippen LogP) is 3.82. The molecule has 7 nitrogen and oxygen atoms in total. The normalized spacial score (nSPS) is 12.0. The van der Waals surface area contributed by atoms with Gasteiger partial charge in [0.2, 0.25) is 0 Å². The van der Waals surface area contributed by atoms with Crippen molar-refractivity contribution in [2.45, 2.75) is 81.8 Å². The number of hydrogen-bond acceptors (Lipinski definition) is 7. The van der Waals surface area contributed by atoms with E-state index in [1.165, 1.54) is 81.7 Å². The molecular weight excluding hydrogens is 478 g/mol. The monoisotopic (exact) mass is 513 g/mol. The highest BCUT2D eigenvalue weighted by atomic mass is 32.2. The van der Waals surface area contributed by atoms with Crippen molar-refractivity contribution < 1.29 is 28.7 Å². The minimum absolute atomic E-state index is 0.00693. The van der Waals surface area contributed by atoms with Crippen LogP contribution in [-0.4, -0.2) is 27.7 Å². The lowest BCUT2D eigenvalue weighted by molar-refractivity contribution is -0.297. The summed E-state index contributed by atoms with van der Waals surface area (Å²) >= 11 is 0. The second kappa shape index (κ2) is 16.6. The summed E-state index contributed by atoms with van der Waals surface area (Å²) in [5.41, 5.74) is 0.821. The topological polar surface area (TPSA) is 119 Å². The zero-order valence-corrected chi connectivity index (χ0v) is 21.7. The van der Waals surface area contributed by atoms with Crippen LogP contribution in [0.25, 0.3) is 6.08 Å². The van der Waals surface area contributed by atoms with Gasteiger partial charge in [-0.15, -0.1) is 0 Å². The molecule has 1 aromatic carbocycles. The van der Waals surface area contributed by atoms with Crippen molar-refractivity contribution in [3.05, 3.63) is 59.4 Å². The summed E-state index contributed by atoms with van der Waals surface area (Å²) in [6.07, 6.45) is 14.4. The predicted molar refractivity (Wildman–Crippen MR) is 137 cm³/mol. The van der Waals surface area contributed by atoms with Crippen LogP contribution in [0.15, 0.2) is 47.4 Å². The first-order valence-corrected chi connectivity index (χ1v) is 13.9. The first-order chi connectivity index (χ1) is 17.4. The molecule has 1 aromatic heterocycles. The Morgan fingerprint density at radius 1 is 0.889 bits per heavy atom. The average molecular weight is 514 g/mol. The van der Waals surface area contributed by atoms with Crippen molar-refractivity contribution >= 4 is 28.8 Å². The largest absolute Gasteiger partial charge is 0.545 e. The van der Waals surface area contributed by atoms with Gasteiger partial charge in [0.25, 0.3) is 0 Å². The van der Waals surface area contributed by atoms with Crippen LogP contribution >= 0.6 is 0 Å². The number of pyridine rings is 1. The van der Waals surface area contributed by atoms with Gasteiger partial charge in [0, 0.05) is 4.90 Å². The van der Waals surface area contributed by atoms with Crippen LogP contribution in [0.4, 0.5) is 0 Å². The maximum atomic E-state index is 12.7. The Bertz CT molecular complexity index is 1020. The van der Waals surface area contributed by atoms with Gasteiger partial charge < -0.3 is 24.5 Å². The fraction of sp³-hybridized carbons (Fsp3) is 0.464. The van der Waals surface area contributed by atoms with Gasteiger partial charge in [-0.1, -0.05) is 76.8 Å². The van der Waals surface area contributed by atoms with Gasteiger partial charge in [0.15, 0.2) is 0 Å². The van der Waals surface area contributed by atoms with Gasteiger partial charge in [0.05, 0.1) is 40.8 Å². The van der Waals surface area contributed by atoms with Gasteiger partial charge in [-0.3, -0.25) is 4.21 Å². The third-order valence-corrected chi connectivity index (χ3v) is 7.06. The SMILES string of the molecule is CCCCCCCCCCCCOc1ccc(CS(=O)c2ccc(C(=O)[O-])cc2)nc1/C=C/C(=O)[O-]. The lowest BCUT2D eigenvalue weighted by Crippen LogP contribution is -2.22. The van der Waals surface area contributed by atoms with E-state index in [0.29, 0.717) is 28.6 Å². The minimum Gasteiger partial charge on any atom is -0.545 e. The molecule has 1 heterocycles. The molecule has 196 valence electrons. The molecule has 1 atom stereocenters. The number of ether oxygens (including phenoxy) is 1. The zero-order valence-electron chi connectivity index (χ0n) is 20.9. The number of carboxylic acid groups (broad SMARTS) is 2. The summed E-state index contributed by atoms with van der Waals surface area (Å²) in [4.78, 5) is 26.7. The molecule has 0 radical (unpaired) electrons. The molecule has 0 saturated carbocycles. The Kier molecular flexibility index (Phi) is 13.5. The fourth-order valence-corrected chi connectivity index (χ4v) is 4.74. The summed E-state index contributed by atoms with van der Waals surface area (Å²) < 4.78 is 18.6. The van der Waals surface area contributed by atoms with Crippen molar-refractivity contribution in [3.63, 3.8) is 0 Å². The molecule has 0 spiro atoms. The molecule has 36 heavy (non-hydrogen) atoms. The van der Waals surface area contributed by atoms with Crippen molar-refractivity contribution in [2.24, 2.45) is 0 Å². The summed E-state index contributed by atoms with van der Waals surface area (Å²) in [5.74, 6) is -2.11. The van der Waals surface area contributed by atoms with Crippen LogP contribution in [0.3, 0.4) is 0 Å². The van der Waals surface area contributed by atoms with Crippen LogP contribution in [-0.2, 0) is 21.3 Å². The molecule has 0 saturated heterocycles. The number of hydrogen-bond donors (Lipinski definition) is 0. The number of aromatic nitrogens is 1. The van der Waals surface area contributed by atoms with E-state index in [4.69, 9.17) is 4.74 Å². The Morgan fingerprint density at radius 3 is 2.08 bits per heavy atom. The molecule has 2 aromatic rings. The molecule has 0 aliphatic rings. The standard InChI is InChI=1S/C28H37NO6S/c1-2-3-4-5-6-7-8-9-10-11-20-35-26-18-14-23(29-25(26)17-19-27(30)31)21-36(34)24-15-12-22(13-16-24)28(32)33/h12-19H,2-11,20-21H2,1H3,(H,30,31)(H,32,33)/p-2/b19-17+. The molecule has 1 unspecified atom stereocenters. The van der Waals surface area contributed by atoms with Crippen LogP contribution in [0, 0.1) is 0 Å². The van der Waals surface area contributed by atoms with Crippen LogP contribution < -0.4 is 14.9 Å². The number of benzene rings is 1. The van der Waals surface area contributed by atoms with Crippen LogP contribution in [0.1, 0.15) is 92.9 Å². The number of nitrogens with zero attached hydrogens (tertiary/aromatic N) is 1. The van der Waals surface area contributed by atoms with E-state index >= 15 is 0 Å². The number of carboxylic acids is 2. The van der Waals surface area contributed by atoms with E-state index in [1.54, 1.807) is 12.1 Å². The molecule has 8 heteroatoms. The first-order valence-electron chi connectivity index (χ1n) is 12.6. The van der Waals surface area contributed by atoms with Crippen molar-refractivity contribution in [1.82, 2.24) is 4.98 Å². The lowest BCUT2D eigenvalue weighted by Gasteiger charge is -2.11. The third-order valence-electron chi connectivity index (χ3n) is 5.71. The Morgan fingerprint density at radius 2 is 1.50 bits per heavy atom. The highest BCUT2D eigenvalue weighted by molar-refractivity contribution is 7.84. The molecule has 0 N–H and O–H groups in total. The first kappa shape index (κ1) is 29.2. The minimum atomic E-state index is -1.47. The number of rotatable bonds is 18. The number of carbonyl (C=O) groups is 2. The van der Waals surface area contributed by atoms with E-state index in [-0.39, 0.29) is 11.3 Å².